The van der Waals surface area contributed by atoms with E-state index in [4.69, 9.17) is 4.74 Å². The van der Waals surface area contributed by atoms with Crippen molar-refractivity contribution in [3.63, 3.8) is 0 Å². The molecule has 3 N–H and O–H groups in total. The molecule has 1 aromatic carbocycles. The first kappa shape index (κ1) is 18.2. The van der Waals surface area contributed by atoms with Gasteiger partial charge in [-0.1, -0.05) is 18.2 Å². The number of hydrogen-bond acceptors (Lipinski definition) is 6. The van der Waals surface area contributed by atoms with E-state index in [-0.39, 0.29) is 5.56 Å². The van der Waals surface area contributed by atoms with Crippen molar-refractivity contribution in [1.82, 2.24) is 19.5 Å². The lowest BCUT2D eigenvalue weighted by Gasteiger charge is -2.21. The summed E-state index contributed by atoms with van der Waals surface area (Å²) in [5, 5.41) is 7.84. The summed E-state index contributed by atoms with van der Waals surface area (Å²) < 4.78 is 7.34. The van der Waals surface area contributed by atoms with Gasteiger partial charge in [-0.25, -0.2) is 9.97 Å². The van der Waals surface area contributed by atoms with Gasteiger partial charge < -0.3 is 24.9 Å². The minimum absolute atomic E-state index is 0.140. The van der Waals surface area contributed by atoms with E-state index in [9.17, 15) is 4.79 Å². The van der Waals surface area contributed by atoms with E-state index in [0.29, 0.717) is 48.5 Å². The molecule has 0 amide bonds. The van der Waals surface area contributed by atoms with Gasteiger partial charge in [0.05, 0.1) is 12.1 Å². The fraction of sp³-hybridized carbons (Fsp3) is 0.227. The lowest BCUT2D eigenvalue weighted by atomic mass is 10.1. The van der Waals surface area contributed by atoms with Crippen LogP contribution in [-0.2, 0) is 13.5 Å². The van der Waals surface area contributed by atoms with Crippen molar-refractivity contribution in [3.8, 4) is 17.1 Å². The number of benzene rings is 1. The number of aromatic nitrogens is 4. The molecule has 0 unspecified atom stereocenters. The number of para-hydroxylation sites is 1. The molecule has 0 fully saturated rings. The average Bonchev–Trinajstić information content (AvgIpc) is 3.19. The minimum atomic E-state index is -0.140. The van der Waals surface area contributed by atoms with Gasteiger partial charge in [0, 0.05) is 36.9 Å². The number of aromatic amines is 1. The molecule has 0 radical (unpaired) electrons. The van der Waals surface area contributed by atoms with Crippen LogP contribution in [0.15, 0.2) is 53.6 Å². The number of ether oxygens (including phenoxy) is 1. The zero-order valence-corrected chi connectivity index (χ0v) is 16.6. The first-order valence-corrected chi connectivity index (χ1v) is 9.94. The van der Waals surface area contributed by atoms with Crippen molar-refractivity contribution < 1.29 is 4.74 Å². The average molecular weight is 402 g/mol. The summed E-state index contributed by atoms with van der Waals surface area (Å²) in [7, 11) is 1.71. The van der Waals surface area contributed by atoms with E-state index in [0.717, 1.165) is 11.9 Å². The van der Waals surface area contributed by atoms with Gasteiger partial charge in [-0.2, -0.15) is 0 Å². The fourth-order valence-electron chi connectivity index (χ4n) is 3.69. The van der Waals surface area contributed by atoms with Gasteiger partial charge >= 0.3 is 0 Å². The molecule has 30 heavy (non-hydrogen) atoms. The second-order valence-electron chi connectivity index (χ2n) is 7.22. The van der Waals surface area contributed by atoms with Crippen molar-refractivity contribution in [1.29, 1.82) is 0 Å². The molecular weight excluding hydrogens is 380 g/mol. The molecule has 4 aromatic rings. The van der Waals surface area contributed by atoms with E-state index >= 15 is 0 Å². The number of fused-ring (bicyclic) bond motifs is 2. The van der Waals surface area contributed by atoms with E-state index in [1.807, 2.05) is 24.4 Å². The molecule has 0 saturated heterocycles. The predicted octanol–water partition coefficient (Wildman–Crippen LogP) is 2.78. The first-order valence-electron chi connectivity index (χ1n) is 9.94. The zero-order chi connectivity index (χ0) is 20.5. The van der Waals surface area contributed by atoms with Crippen LogP contribution in [0.1, 0.15) is 5.56 Å². The highest BCUT2D eigenvalue weighted by Gasteiger charge is 2.21. The molecule has 0 saturated carbocycles. The molecule has 4 heterocycles. The number of hydrogen-bond donors (Lipinski definition) is 3. The number of anilines is 2. The summed E-state index contributed by atoms with van der Waals surface area (Å²) in [4.78, 5) is 25.0. The predicted molar refractivity (Wildman–Crippen MR) is 117 cm³/mol. The van der Waals surface area contributed by atoms with E-state index in [1.54, 1.807) is 19.3 Å². The molecule has 0 spiro atoms. The molecule has 5 rings (SSSR count). The Labute approximate surface area is 172 Å². The second kappa shape index (κ2) is 7.55. The maximum absolute atomic E-state index is 12.5. The summed E-state index contributed by atoms with van der Waals surface area (Å²) in [6, 6.07) is 11.8. The summed E-state index contributed by atoms with van der Waals surface area (Å²) in [6.07, 6.45) is 4.57. The smallest absolute Gasteiger partial charge is 0.261 e. The molecule has 1 aliphatic rings. The summed E-state index contributed by atoms with van der Waals surface area (Å²) in [6.45, 7) is 1.87. The Bertz CT molecular complexity index is 1280. The van der Waals surface area contributed by atoms with Gasteiger partial charge in [-0.15, -0.1) is 0 Å². The number of aryl methyl sites for hydroxylation is 1. The Morgan fingerprint density at radius 3 is 3.03 bits per heavy atom. The number of pyridine rings is 1. The lowest BCUT2D eigenvalue weighted by Crippen LogP contribution is -2.23. The van der Waals surface area contributed by atoms with Gasteiger partial charge in [-0.05, 0) is 30.2 Å². The number of H-pyrrole nitrogens is 1. The Balaban J connectivity index is 1.45. The molecule has 3 aromatic heterocycles. The van der Waals surface area contributed by atoms with Crippen molar-refractivity contribution in [2.45, 2.75) is 6.42 Å². The van der Waals surface area contributed by atoms with Crippen molar-refractivity contribution >= 4 is 22.5 Å². The van der Waals surface area contributed by atoms with E-state index < -0.39 is 0 Å². The van der Waals surface area contributed by atoms with Gasteiger partial charge in [0.2, 0.25) is 5.75 Å². The van der Waals surface area contributed by atoms with Crippen LogP contribution in [0.3, 0.4) is 0 Å². The molecule has 0 atom stereocenters. The third kappa shape index (κ3) is 3.26. The van der Waals surface area contributed by atoms with Crippen LogP contribution in [0.5, 0.6) is 5.75 Å². The zero-order valence-electron chi connectivity index (χ0n) is 16.6. The maximum atomic E-state index is 12.5. The van der Waals surface area contributed by atoms with Gasteiger partial charge in [-0.3, -0.25) is 4.79 Å². The quantitative estimate of drug-likeness (QED) is 0.475. The normalized spacial score (nSPS) is 12.8. The Hall–Kier alpha value is -3.81. The van der Waals surface area contributed by atoms with Crippen molar-refractivity contribution in [3.05, 3.63) is 64.7 Å². The lowest BCUT2D eigenvalue weighted by molar-refractivity contribution is 0.321. The van der Waals surface area contributed by atoms with Crippen molar-refractivity contribution in [2.24, 2.45) is 7.05 Å². The molecule has 152 valence electrons. The van der Waals surface area contributed by atoms with Crippen LogP contribution >= 0.6 is 0 Å². The Morgan fingerprint density at radius 2 is 2.10 bits per heavy atom. The first-order chi connectivity index (χ1) is 14.7. The Kier molecular flexibility index (Phi) is 4.59. The van der Waals surface area contributed by atoms with Crippen LogP contribution in [-0.4, -0.2) is 39.2 Å². The highest BCUT2D eigenvalue weighted by molar-refractivity contribution is 5.83. The number of nitrogens with one attached hydrogen (secondary N) is 3. The third-order valence-corrected chi connectivity index (χ3v) is 5.23. The van der Waals surface area contributed by atoms with Gasteiger partial charge in [0.1, 0.15) is 6.61 Å². The monoisotopic (exact) mass is 402 g/mol. The highest BCUT2D eigenvalue weighted by atomic mass is 16.5. The van der Waals surface area contributed by atoms with Crippen LogP contribution in [0.4, 0.5) is 11.6 Å². The standard InChI is InChI=1S/C22H22N6O2/c1-28-11-4-6-16(22(28)29)19-26-20(18-21(27-19)24-10-12-30-18)23-9-8-14-13-25-17-7-3-2-5-15(14)17/h2-7,11,13,25H,8-10,12H2,1H3,(H2,23,24,26,27). The van der Waals surface area contributed by atoms with E-state index in [1.165, 1.54) is 15.5 Å². The SMILES string of the molecule is Cn1cccc(-c2nc3c(c(NCCc4c[nH]c5ccccc45)n2)OCCN3)c1=O. The van der Waals surface area contributed by atoms with E-state index in [2.05, 4.69) is 37.7 Å². The Morgan fingerprint density at radius 1 is 1.20 bits per heavy atom. The molecule has 8 heteroatoms. The summed E-state index contributed by atoms with van der Waals surface area (Å²) in [5.74, 6) is 2.17. The third-order valence-electron chi connectivity index (χ3n) is 5.23. The van der Waals surface area contributed by atoms with Crippen LogP contribution in [0, 0.1) is 0 Å². The second-order valence-corrected chi connectivity index (χ2v) is 7.22. The minimum Gasteiger partial charge on any atom is -0.485 e. The van der Waals surface area contributed by atoms with Crippen molar-refractivity contribution in [2.75, 3.05) is 30.3 Å². The van der Waals surface area contributed by atoms with Crippen LogP contribution in [0.2, 0.25) is 0 Å². The van der Waals surface area contributed by atoms with Crippen LogP contribution < -0.4 is 20.9 Å². The molecule has 0 bridgehead atoms. The van der Waals surface area contributed by atoms with Gasteiger partial charge in [0.15, 0.2) is 17.5 Å². The molecular formula is C22H22N6O2. The maximum Gasteiger partial charge on any atom is 0.261 e. The number of nitrogens with zero attached hydrogens (tertiary/aromatic N) is 3. The highest BCUT2D eigenvalue weighted by Crippen LogP contribution is 2.34. The topological polar surface area (TPSA) is 96.9 Å². The molecule has 0 aliphatic carbocycles. The molecule has 1 aliphatic heterocycles. The summed E-state index contributed by atoms with van der Waals surface area (Å²) >= 11 is 0. The largest absolute Gasteiger partial charge is 0.485 e. The fourth-order valence-corrected chi connectivity index (χ4v) is 3.69. The number of rotatable bonds is 5. The molecule has 8 nitrogen and oxygen atoms in total. The van der Waals surface area contributed by atoms with Gasteiger partial charge in [0.25, 0.3) is 5.56 Å². The van der Waals surface area contributed by atoms with Crippen LogP contribution in [0.25, 0.3) is 22.3 Å². The summed E-state index contributed by atoms with van der Waals surface area (Å²) in [5.41, 5.74) is 2.67.